The molecule has 0 fully saturated rings. The summed E-state index contributed by atoms with van der Waals surface area (Å²) >= 11 is 6.45. The number of hydrogen-bond acceptors (Lipinski definition) is 4. The van der Waals surface area contributed by atoms with Gasteiger partial charge in [0.1, 0.15) is 5.70 Å². The maximum Gasteiger partial charge on any atom is 0.354 e. The number of rotatable bonds is 3. The number of allylic oxidation sites excluding steroid dienone is 3. The number of ether oxygens (including phenoxy) is 1. The van der Waals surface area contributed by atoms with E-state index in [1.165, 1.54) is 0 Å². The van der Waals surface area contributed by atoms with Crippen LogP contribution in [0, 0.1) is 5.41 Å². The van der Waals surface area contributed by atoms with E-state index in [9.17, 15) is 9.59 Å². The molecule has 0 amide bonds. The van der Waals surface area contributed by atoms with Crippen LogP contribution in [0.1, 0.15) is 52.0 Å². The van der Waals surface area contributed by atoms with Gasteiger partial charge in [-0.15, -0.1) is 0 Å². The molecule has 4 nitrogen and oxygen atoms in total. The summed E-state index contributed by atoms with van der Waals surface area (Å²) in [4.78, 5) is 25.5. The molecule has 1 heterocycles. The summed E-state index contributed by atoms with van der Waals surface area (Å²) in [6.07, 6.45) is 1.18. The van der Waals surface area contributed by atoms with Crippen molar-refractivity contribution in [2.75, 3.05) is 6.61 Å². The third kappa shape index (κ3) is 3.30. The molecule has 0 bridgehead atoms. The lowest BCUT2D eigenvalue weighted by molar-refractivity contribution is -0.139. The Hall–Kier alpha value is -2.07. The number of halogens is 1. The van der Waals surface area contributed by atoms with Gasteiger partial charge in [0, 0.05) is 28.6 Å². The first-order valence-electron chi connectivity index (χ1n) is 8.90. The number of carbonyl (C=O) groups is 2. The van der Waals surface area contributed by atoms with Crippen LogP contribution >= 0.6 is 11.6 Å². The molecule has 3 rings (SSSR count). The highest BCUT2D eigenvalue weighted by Gasteiger charge is 2.42. The third-order valence-corrected chi connectivity index (χ3v) is 5.35. The van der Waals surface area contributed by atoms with Crippen molar-refractivity contribution in [2.45, 2.75) is 46.5 Å². The van der Waals surface area contributed by atoms with Gasteiger partial charge < -0.3 is 10.1 Å². The van der Waals surface area contributed by atoms with Crippen LogP contribution in [0.15, 0.2) is 46.8 Å². The fraction of sp³-hybridized carbons (Fsp3) is 0.429. The molecule has 1 atom stereocenters. The molecule has 1 aromatic carbocycles. The van der Waals surface area contributed by atoms with Gasteiger partial charge in [0.05, 0.1) is 6.61 Å². The predicted molar refractivity (Wildman–Crippen MR) is 102 cm³/mol. The molecular weight excluding hydrogens is 350 g/mol. The zero-order valence-corrected chi connectivity index (χ0v) is 16.4. The zero-order chi connectivity index (χ0) is 19.1. The molecule has 0 aromatic heterocycles. The summed E-state index contributed by atoms with van der Waals surface area (Å²) in [6.45, 7) is 8.07. The van der Waals surface area contributed by atoms with Crippen molar-refractivity contribution < 1.29 is 14.3 Å². The molecular formula is C21H24ClNO3. The molecule has 26 heavy (non-hydrogen) atoms. The standard InChI is InChI=1S/C21H24ClNO3/c1-5-26-20(25)19-12(2)17(13-8-6-7-9-14(13)22)18-15(23-19)10-21(3,4)11-16(18)24/h6-9,17,23H,5,10-11H2,1-4H3/t17-/m0/s1. The van der Waals surface area contributed by atoms with Crippen molar-refractivity contribution in [3.63, 3.8) is 0 Å². The van der Waals surface area contributed by atoms with E-state index in [0.29, 0.717) is 30.2 Å². The fourth-order valence-corrected chi connectivity index (χ4v) is 4.15. The van der Waals surface area contributed by atoms with Gasteiger partial charge in [-0.25, -0.2) is 4.79 Å². The molecule has 1 aromatic rings. The summed E-state index contributed by atoms with van der Waals surface area (Å²) in [6, 6.07) is 7.49. The molecule has 0 saturated carbocycles. The Morgan fingerprint density at radius 3 is 2.65 bits per heavy atom. The lowest BCUT2D eigenvalue weighted by Crippen LogP contribution is -2.39. The molecule has 1 aliphatic carbocycles. The largest absolute Gasteiger partial charge is 0.461 e. The minimum absolute atomic E-state index is 0.107. The highest BCUT2D eigenvalue weighted by Crippen LogP contribution is 2.47. The van der Waals surface area contributed by atoms with Crippen LogP contribution in [0.5, 0.6) is 0 Å². The predicted octanol–water partition coefficient (Wildman–Crippen LogP) is 4.51. The van der Waals surface area contributed by atoms with Gasteiger partial charge in [0.25, 0.3) is 0 Å². The monoisotopic (exact) mass is 373 g/mol. The van der Waals surface area contributed by atoms with E-state index in [2.05, 4.69) is 19.2 Å². The third-order valence-electron chi connectivity index (χ3n) is 5.01. The number of esters is 1. The maximum absolute atomic E-state index is 13.0. The van der Waals surface area contributed by atoms with Crippen molar-refractivity contribution in [3.05, 3.63) is 57.4 Å². The Morgan fingerprint density at radius 2 is 2.00 bits per heavy atom. The Morgan fingerprint density at radius 1 is 1.31 bits per heavy atom. The topological polar surface area (TPSA) is 55.4 Å². The van der Waals surface area contributed by atoms with E-state index < -0.39 is 5.97 Å². The van der Waals surface area contributed by atoms with Crippen LogP contribution in [0.25, 0.3) is 0 Å². The van der Waals surface area contributed by atoms with Gasteiger partial charge in [-0.05, 0) is 42.9 Å². The van der Waals surface area contributed by atoms with Crippen molar-refractivity contribution in [1.29, 1.82) is 0 Å². The highest BCUT2D eigenvalue weighted by molar-refractivity contribution is 6.31. The number of benzene rings is 1. The normalized spacial score (nSPS) is 22.0. The summed E-state index contributed by atoms with van der Waals surface area (Å²) in [7, 11) is 0. The second-order valence-corrected chi connectivity index (χ2v) is 8.10. The van der Waals surface area contributed by atoms with Crippen molar-refractivity contribution >= 4 is 23.4 Å². The number of dihydropyridines is 1. The van der Waals surface area contributed by atoms with Crippen LogP contribution in [-0.2, 0) is 14.3 Å². The molecule has 0 spiro atoms. The van der Waals surface area contributed by atoms with Crippen LogP contribution in [0.4, 0.5) is 0 Å². The van der Waals surface area contributed by atoms with E-state index >= 15 is 0 Å². The van der Waals surface area contributed by atoms with Crippen LogP contribution in [0.2, 0.25) is 5.02 Å². The number of ketones is 1. The number of carbonyl (C=O) groups excluding carboxylic acids is 2. The number of hydrogen-bond donors (Lipinski definition) is 1. The van der Waals surface area contributed by atoms with Gasteiger partial charge in [0.2, 0.25) is 0 Å². The lowest BCUT2D eigenvalue weighted by atomic mass is 9.69. The second-order valence-electron chi connectivity index (χ2n) is 7.69. The molecule has 1 aliphatic heterocycles. The van der Waals surface area contributed by atoms with Crippen LogP contribution in [-0.4, -0.2) is 18.4 Å². The summed E-state index contributed by atoms with van der Waals surface area (Å²) in [5, 5.41) is 3.81. The first-order valence-corrected chi connectivity index (χ1v) is 9.28. The quantitative estimate of drug-likeness (QED) is 0.792. The number of nitrogens with one attached hydrogen (secondary N) is 1. The van der Waals surface area contributed by atoms with E-state index in [-0.39, 0.29) is 17.1 Å². The average Bonchev–Trinajstić information content (AvgIpc) is 2.55. The van der Waals surface area contributed by atoms with Crippen molar-refractivity contribution in [2.24, 2.45) is 5.41 Å². The Kier molecular flexibility index (Phi) is 4.98. The minimum atomic E-state index is -0.399. The fourth-order valence-electron chi connectivity index (χ4n) is 3.90. The summed E-state index contributed by atoms with van der Waals surface area (Å²) in [5.74, 6) is -0.622. The Bertz CT molecular complexity index is 835. The first kappa shape index (κ1) is 18.7. The lowest BCUT2D eigenvalue weighted by Gasteiger charge is -2.39. The molecule has 0 unspecified atom stereocenters. The van der Waals surface area contributed by atoms with E-state index in [0.717, 1.165) is 22.4 Å². The average molecular weight is 374 g/mol. The SMILES string of the molecule is CCOC(=O)C1=C(C)[C@@H](c2ccccc2Cl)C2=C(CC(C)(C)CC2=O)N1. The number of Topliss-reactive ketones (excluding diaryl/α,β-unsaturated/α-hetero) is 1. The maximum atomic E-state index is 13.0. The Balaban J connectivity index is 2.18. The van der Waals surface area contributed by atoms with Gasteiger partial charge in [-0.3, -0.25) is 4.79 Å². The Labute approximate surface area is 159 Å². The van der Waals surface area contributed by atoms with Crippen molar-refractivity contribution in [1.82, 2.24) is 5.32 Å². The zero-order valence-electron chi connectivity index (χ0n) is 15.6. The summed E-state index contributed by atoms with van der Waals surface area (Å²) in [5.41, 5.74) is 3.41. The molecule has 1 N–H and O–H groups in total. The van der Waals surface area contributed by atoms with Crippen LogP contribution in [0.3, 0.4) is 0 Å². The second kappa shape index (κ2) is 6.92. The van der Waals surface area contributed by atoms with Gasteiger partial charge in [0.15, 0.2) is 5.78 Å². The van der Waals surface area contributed by atoms with Gasteiger partial charge in [-0.1, -0.05) is 43.6 Å². The van der Waals surface area contributed by atoms with Crippen LogP contribution < -0.4 is 5.32 Å². The molecule has 0 radical (unpaired) electrons. The van der Waals surface area contributed by atoms with E-state index in [4.69, 9.17) is 16.3 Å². The smallest absolute Gasteiger partial charge is 0.354 e. The summed E-state index contributed by atoms with van der Waals surface area (Å²) < 4.78 is 5.22. The highest BCUT2D eigenvalue weighted by atomic mass is 35.5. The first-order chi connectivity index (χ1) is 12.2. The van der Waals surface area contributed by atoms with E-state index in [1.54, 1.807) is 6.92 Å². The molecule has 0 saturated heterocycles. The van der Waals surface area contributed by atoms with E-state index in [1.807, 2.05) is 31.2 Å². The van der Waals surface area contributed by atoms with Gasteiger partial charge >= 0.3 is 5.97 Å². The molecule has 138 valence electrons. The van der Waals surface area contributed by atoms with Crippen molar-refractivity contribution in [3.8, 4) is 0 Å². The molecule has 2 aliphatic rings. The minimum Gasteiger partial charge on any atom is -0.461 e. The molecule has 5 heteroatoms. The van der Waals surface area contributed by atoms with Gasteiger partial charge in [-0.2, -0.15) is 0 Å².